The lowest BCUT2D eigenvalue weighted by Gasteiger charge is -2.32. The Morgan fingerprint density at radius 3 is 2.63 bits per heavy atom. The first-order valence-corrected chi connectivity index (χ1v) is 11.6. The summed E-state index contributed by atoms with van der Waals surface area (Å²) in [7, 11) is 1.77. The SMILES string of the molecule is CCNC(=NCc1ccc(C)cc1OCC1CC1)NCC1CCN(CCOC)CC1. The van der Waals surface area contributed by atoms with Crippen LogP contribution in [0.4, 0.5) is 0 Å². The maximum absolute atomic E-state index is 6.10. The van der Waals surface area contributed by atoms with Gasteiger partial charge in [0.2, 0.25) is 0 Å². The Hall–Kier alpha value is -1.79. The lowest BCUT2D eigenvalue weighted by molar-refractivity contribution is 0.121. The van der Waals surface area contributed by atoms with E-state index in [4.69, 9.17) is 14.5 Å². The lowest BCUT2D eigenvalue weighted by atomic mass is 9.97. The molecule has 1 saturated heterocycles. The average Bonchev–Trinajstić information content (AvgIpc) is 3.59. The second-order valence-corrected chi connectivity index (χ2v) is 8.72. The minimum atomic E-state index is 0.630. The number of ether oxygens (including phenoxy) is 2. The van der Waals surface area contributed by atoms with Crippen LogP contribution >= 0.6 is 0 Å². The molecule has 0 atom stereocenters. The zero-order valence-electron chi connectivity index (χ0n) is 19.1. The van der Waals surface area contributed by atoms with Crippen molar-refractivity contribution in [3.05, 3.63) is 29.3 Å². The zero-order valence-corrected chi connectivity index (χ0v) is 19.1. The molecule has 6 nitrogen and oxygen atoms in total. The van der Waals surface area contributed by atoms with Crippen LogP contribution in [0.1, 0.15) is 43.7 Å². The molecule has 1 aliphatic heterocycles. The van der Waals surface area contributed by atoms with Crippen LogP contribution in [0.15, 0.2) is 23.2 Å². The fraction of sp³-hybridized carbons (Fsp3) is 0.708. The monoisotopic (exact) mass is 416 g/mol. The van der Waals surface area contributed by atoms with Gasteiger partial charge in [0.15, 0.2) is 5.96 Å². The number of nitrogens with zero attached hydrogens (tertiary/aromatic N) is 2. The third kappa shape index (κ3) is 7.80. The molecule has 1 heterocycles. The van der Waals surface area contributed by atoms with Gasteiger partial charge in [0.25, 0.3) is 0 Å². The first kappa shape index (κ1) is 22.9. The molecule has 2 N–H and O–H groups in total. The van der Waals surface area contributed by atoms with Gasteiger partial charge in [-0.25, -0.2) is 4.99 Å². The van der Waals surface area contributed by atoms with E-state index < -0.39 is 0 Å². The highest BCUT2D eigenvalue weighted by Crippen LogP contribution is 2.31. The molecule has 168 valence electrons. The molecule has 0 spiro atoms. The van der Waals surface area contributed by atoms with E-state index in [-0.39, 0.29) is 0 Å². The first-order chi connectivity index (χ1) is 14.7. The molecule has 2 aliphatic rings. The summed E-state index contributed by atoms with van der Waals surface area (Å²) in [5.74, 6) is 3.34. The summed E-state index contributed by atoms with van der Waals surface area (Å²) < 4.78 is 11.3. The van der Waals surface area contributed by atoms with E-state index >= 15 is 0 Å². The van der Waals surface area contributed by atoms with Gasteiger partial charge in [-0.05, 0) is 76.1 Å². The van der Waals surface area contributed by atoms with Crippen LogP contribution < -0.4 is 15.4 Å². The van der Waals surface area contributed by atoms with Crippen molar-refractivity contribution < 1.29 is 9.47 Å². The third-order valence-electron chi connectivity index (χ3n) is 6.02. The number of nitrogens with one attached hydrogen (secondary N) is 2. The maximum atomic E-state index is 6.10. The van der Waals surface area contributed by atoms with E-state index in [0.29, 0.717) is 12.5 Å². The summed E-state index contributed by atoms with van der Waals surface area (Å²) in [5, 5.41) is 6.96. The number of methoxy groups -OCH3 is 1. The van der Waals surface area contributed by atoms with Crippen LogP contribution in [0.2, 0.25) is 0 Å². The van der Waals surface area contributed by atoms with Gasteiger partial charge < -0.3 is 25.0 Å². The molecule has 1 aromatic rings. The number of guanidine groups is 1. The molecule has 6 heteroatoms. The molecular weight excluding hydrogens is 376 g/mol. The highest BCUT2D eigenvalue weighted by molar-refractivity contribution is 5.79. The minimum Gasteiger partial charge on any atom is -0.493 e. The van der Waals surface area contributed by atoms with Gasteiger partial charge in [-0.3, -0.25) is 0 Å². The molecule has 2 fully saturated rings. The Morgan fingerprint density at radius 1 is 1.13 bits per heavy atom. The van der Waals surface area contributed by atoms with Gasteiger partial charge in [-0.1, -0.05) is 12.1 Å². The number of hydrogen-bond donors (Lipinski definition) is 2. The fourth-order valence-electron chi connectivity index (χ4n) is 3.80. The molecule has 1 aromatic carbocycles. The normalized spacial score (nSPS) is 18.4. The Morgan fingerprint density at radius 2 is 1.93 bits per heavy atom. The van der Waals surface area contributed by atoms with Crippen LogP contribution in [0.5, 0.6) is 5.75 Å². The van der Waals surface area contributed by atoms with E-state index in [1.165, 1.54) is 31.2 Å². The van der Waals surface area contributed by atoms with Crippen molar-refractivity contribution in [1.82, 2.24) is 15.5 Å². The van der Waals surface area contributed by atoms with Crippen LogP contribution in [-0.4, -0.2) is 63.9 Å². The van der Waals surface area contributed by atoms with Crippen molar-refractivity contribution >= 4 is 5.96 Å². The number of aliphatic imine (C=N–C) groups is 1. The summed E-state index contributed by atoms with van der Waals surface area (Å²) >= 11 is 0. The van der Waals surface area contributed by atoms with E-state index in [0.717, 1.165) is 69.1 Å². The molecule has 0 bridgehead atoms. The topological polar surface area (TPSA) is 58.1 Å². The van der Waals surface area contributed by atoms with Crippen LogP contribution in [0.25, 0.3) is 0 Å². The zero-order chi connectivity index (χ0) is 21.2. The van der Waals surface area contributed by atoms with Crippen LogP contribution in [0, 0.1) is 18.8 Å². The largest absolute Gasteiger partial charge is 0.493 e. The number of rotatable bonds is 11. The van der Waals surface area contributed by atoms with Crippen LogP contribution in [-0.2, 0) is 11.3 Å². The molecular formula is C24H40N4O2. The lowest BCUT2D eigenvalue weighted by Crippen LogP contribution is -2.43. The second-order valence-electron chi connectivity index (χ2n) is 8.72. The molecule has 30 heavy (non-hydrogen) atoms. The van der Waals surface area contributed by atoms with Gasteiger partial charge in [-0.15, -0.1) is 0 Å². The average molecular weight is 417 g/mol. The first-order valence-electron chi connectivity index (χ1n) is 11.6. The van der Waals surface area contributed by atoms with Crippen molar-refractivity contribution in [1.29, 1.82) is 0 Å². The standard InChI is InChI=1S/C24H40N4O2/c1-4-25-24(26-16-20-9-11-28(12-10-20)13-14-29-3)27-17-22-8-5-19(2)15-23(22)30-18-21-6-7-21/h5,8,15,20-21H,4,6-7,9-14,16-18H2,1-3H3,(H2,25,26,27). The summed E-state index contributed by atoms with van der Waals surface area (Å²) in [4.78, 5) is 7.34. The molecule has 0 amide bonds. The number of likely N-dealkylation sites (tertiary alicyclic amines) is 1. The summed E-state index contributed by atoms with van der Waals surface area (Å²) in [6.07, 6.45) is 5.07. The molecule has 0 unspecified atom stereocenters. The highest BCUT2D eigenvalue weighted by atomic mass is 16.5. The van der Waals surface area contributed by atoms with Crippen LogP contribution in [0.3, 0.4) is 0 Å². The molecule has 3 rings (SSSR count). The minimum absolute atomic E-state index is 0.630. The molecule has 0 radical (unpaired) electrons. The molecule has 1 saturated carbocycles. The number of hydrogen-bond acceptors (Lipinski definition) is 4. The van der Waals surface area contributed by atoms with E-state index in [1.54, 1.807) is 7.11 Å². The number of benzene rings is 1. The summed E-state index contributed by atoms with van der Waals surface area (Å²) in [6.45, 7) is 11.7. The smallest absolute Gasteiger partial charge is 0.191 e. The quantitative estimate of drug-likeness (QED) is 0.429. The number of piperidine rings is 1. The van der Waals surface area contributed by atoms with Crippen molar-refractivity contribution in [2.45, 2.75) is 46.1 Å². The Labute approximate surface area is 182 Å². The summed E-state index contributed by atoms with van der Waals surface area (Å²) in [6, 6.07) is 6.44. The van der Waals surface area contributed by atoms with Gasteiger partial charge in [0.1, 0.15) is 5.75 Å². The Kier molecular flexibility index (Phi) is 9.27. The van der Waals surface area contributed by atoms with E-state index in [1.807, 2.05) is 0 Å². The predicted molar refractivity (Wildman–Crippen MR) is 123 cm³/mol. The fourth-order valence-corrected chi connectivity index (χ4v) is 3.80. The molecule has 0 aromatic heterocycles. The number of aryl methyl sites for hydroxylation is 1. The second kappa shape index (κ2) is 12.2. The van der Waals surface area contributed by atoms with Gasteiger partial charge in [0, 0.05) is 32.3 Å². The molecule has 1 aliphatic carbocycles. The van der Waals surface area contributed by atoms with Gasteiger partial charge in [-0.2, -0.15) is 0 Å². The summed E-state index contributed by atoms with van der Waals surface area (Å²) in [5.41, 5.74) is 2.39. The third-order valence-corrected chi connectivity index (χ3v) is 6.02. The van der Waals surface area contributed by atoms with Gasteiger partial charge >= 0.3 is 0 Å². The Bertz CT molecular complexity index is 667. The maximum Gasteiger partial charge on any atom is 0.191 e. The van der Waals surface area contributed by atoms with E-state index in [2.05, 4.69) is 47.6 Å². The van der Waals surface area contributed by atoms with Crippen molar-refractivity contribution in [2.24, 2.45) is 16.8 Å². The van der Waals surface area contributed by atoms with Crippen molar-refractivity contribution in [3.8, 4) is 5.75 Å². The highest BCUT2D eigenvalue weighted by Gasteiger charge is 2.22. The van der Waals surface area contributed by atoms with Gasteiger partial charge in [0.05, 0.1) is 19.8 Å². The Balaban J connectivity index is 1.49. The van der Waals surface area contributed by atoms with E-state index in [9.17, 15) is 0 Å². The van der Waals surface area contributed by atoms with Crippen molar-refractivity contribution in [2.75, 3.05) is 53.0 Å². The van der Waals surface area contributed by atoms with Crippen molar-refractivity contribution in [3.63, 3.8) is 0 Å². The predicted octanol–water partition coefficient (Wildman–Crippen LogP) is 3.20.